The van der Waals surface area contributed by atoms with Crippen LogP contribution in [0.3, 0.4) is 0 Å². The summed E-state index contributed by atoms with van der Waals surface area (Å²) in [5.74, 6) is -2.65. The van der Waals surface area contributed by atoms with Gasteiger partial charge in [0.1, 0.15) is 11.9 Å². The summed E-state index contributed by atoms with van der Waals surface area (Å²) < 4.78 is 52.7. The van der Waals surface area contributed by atoms with Crippen LogP contribution in [0, 0.1) is 5.82 Å². The Morgan fingerprint density at radius 1 is 1.13 bits per heavy atom. The van der Waals surface area contributed by atoms with E-state index in [4.69, 9.17) is 28.9 Å². The van der Waals surface area contributed by atoms with Crippen LogP contribution in [-0.2, 0) is 27.6 Å². The molecule has 1 atom stereocenters. The molecular formula is C20H16Cl2F4N2O2. The highest BCUT2D eigenvalue weighted by Crippen LogP contribution is 2.50. The molecule has 160 valence electrons. The fourth-order valence-corrected chi connectivity index (χ4v) is 3.74. The Kier molecular flexibility index (Phi) is 6.02. The van der Waals surface area contributed by atoms with Gasteiger partial charge in [0.15, 0.2) is 0 Å². The lowest BCUT2D eigenvalue weighted by Crippen LogP contribution is -2.49. The van der Waals surface area contributed by atoms with Crippen molar-refractivity contribution in [3.8, 4) is 0 Å². The molecule has 4 nitrogen and oxygen atoms in total. The number of alkyl halides is 3. The van der Waals surface area contributed by atoms with Gasteiger partial charge in [-0.1, -0.05) is 35.3 Å². The summed E-state index contributed by atoms with van der Waals surface area (Å²) >= 11 is 11.9. The van der Waals surface area contributed by atoms with E-state index in [0.717, 1.165) is 12.1 Å². The van der Waals surface area contributed by atoms with Crippen molar-refractivity contribution in [2.24, 2.45) is 5.73 Å². The molecule has 2 amide bonds. The quantitative estimate of drug-likeness (QED) is 0.624. The third-order valence-electron chi connectivity index (χ3n) is 5.08. The number of halogens is 6. The average molecular weight is 463 g/mol. The van der Waals surface area contributed by atoms with Gasteiger partial charge in [0.05, 0.1) is 11.0 Å². The smallest absolute Gasteiger partial charge is 0.368 e. The molecule has 10 heteroatoms. The number of amides is 2. The second-order valence-corrected chi connectivity index (χ2v) is 7.99. The molecule has 3 N–H and O–H groups in total. The normalized spacial score (nSPS) is 16.1. The Bertz CT molecular complexity index is 1010. The minimum atomic E-state index is -4.70. The summed E-state index contributed by atoms with van der Waals surface area (Å²) in [5.41, 5.74) is 3.26. The number of rotatable bonds is 6. The highest BCUT2D eigenvalue weighted by Gasteiger charge is 2.53. The van der Waals surface area contributed by atoms with E-state index in [2.05, 4.69) is 5.32 Å². The van der Waals surface area contributed by atoms with Crippen LogP contribution >= 0.6 is 23.2 Å². The largest absolute Gasteiger partial charge is 0.416 e. The molecule has 0 spiro atoms. The average Bonchev–Trinajstić information content (AvgIpc) is 3.44. The van der Waals surface area contributed by atoms with Crippen molar-refractivity contribution in [2.45, 2.75) is 36.9 Å². The molecule has 2 aromatic rings. The molecule has 0 unspecified atom stereocenters. The van der Waals surface area contributed by atoms with Gasteiger partial charge in [-0.25, -0.2) is 4.39 Å². The molecule has 1 saturated carbocycles. The first kappa shape index (κ1) is 22.4. The lowest BCUT2D eigenvalue weighted by atomic mass is 9.92. The lowest BCUT2D eigenvalue weighted by molar-refractivity contribution is -0.137. The molecule has 0 aromatic heterocycles. The maximum atomic E-state index is 14.4. The van der Waals surface area contributed by atoms with Gasteiger partial charge in [-0.2, -0.15) is 13.2 Å². The van der Waals surface area contributed by atoms with Gasteiger partial charge in [-0.05, 0) is 42.7 Å². The zero-order valence-electron chi connectivity index (χ0n) is 15.3. The molecule has 3 rings (SSSR count). The first-order valence-corrected chi connectivity index (χ1v) is 9.61. The number of hydrogen-bond donors (Lipinski definition) is 2. The first-order chi connectivity index (χ1) is 13.9. The van der Waals surface area contributed by atoms with Crippen LogP contribution in [0.15, 0.2) is 36.4 Å². The zero-order valence-corrected chi connectivity index (χ0v) is 16.8. The number of primary amides is 1. The topological polar surface area (TPSA) is 72.2 Å². The van der Waals surface area contributed by atoms with Gasteiger partial charge in [0.2, 0.25) is 11.8 Å². The molecule has 0 bridgehead atoms. The van der Waals surface area contributed by atoms with Crippen molar-refractivity contribution in [2.75, 3.05) is 0 Å². The van der Waals surface area contributed by atoms with Gasteiger partial charge < -0.3 is 11.1 Å². The summed E-state index contributed by atoms with van der Waals surface area (Å²) in [7, 11) is 0. The van der Waals surface area contributed by atoms with E-state index in [9.17, 15) is 27.2 Å². The highest BCUT2D eigenvalue weighted by molar-refractivity contribution is 6.35. The zero-order chi connectivity index (χ0) is 22.3. The predicted octanol–water partition coefficient (Wildman–Crippen LogP) is 4.40. The molecule has 30 heavy (non-hydrogen) atoms. The molecule has 0 saturated heterocycles. The van der Waals surface area contributed by atoms with Gasteiger partial charge in [-0.15, -0.1) is 0 Å². The molecular weight excluding hydrogens is 447 g/mol. The van der Waals surface area contributed by atoms with E-state index in [1.807, 2.05) is 0 Å². The Hall–Kier alpha value is -2.32. The summed E-state index contributed by atoms with van der Waals surface area (Å²) in [6, 6.07) is 5.51. The second kappa shape index (κ2) is 8.07. The van der Waals surface area contributed by atoms with E-state index >= 15 is 0 Å². The maximum Gasteiger partial charge on any atom is 0.416 e. The van der Waals surface area contributed by atoms with Gasteiger partial charge in [0.25, 0.3) is 0 Å². The lowest BCUT2D eigenvalue weighted by Gasteiger charge is -2.22. The van der Waals surface area contributed by atoms with Crippen LogP contribution < -0.4 is 11.1 Å². The fourth-order valence-electron chi connectivity index (χ4n) is 3.25. The van der Waals surface area contributed by atoms with Crippen molar-refractivity contribution in [3.05, 3.63) is 69.0 Å². The van der Waals surface area contributed by atoms with Crippen molar-refractivity contribution >= 4 is 35.0 Å². The predicted molar refractivity (Wildman–Crippen MR) is 104 cm³/mol. The Morgan fingerprint density at radius 3 is 2.30 bits per heavy atom. The first-order valence-electron chi connectivity index (χ1n) is 8.85. The summed E-state index contributed by atoms with van der Waals surface area (Å²) in [4.78, 5) is 24.7. The highest BCUT2D eigenvalue weighted by atomic mass is 35.5. The van der Waals surface area contributed by atoms with E-state index < -0.39 is 40.8 Å². The van der Waals surface area contributed by atoms with Crippen LogP contribution in [0.5, 0.6) is 0 Å². The van der Waals surface area contributed by atoms with Crippen molar-refractivity contribution in [3.63, 3.8) is 0 Å². The van der Waals surface area contributed by atoms with Crippen LogP contribution in [0.4, 0.5) is 17.6 Å². The Balaban J connectivity index is 1.82. The number of carbonyl (C=O) groups excluding carboxylic acids is 2. The van der Waals surface area contributed by atoms with Crippen molar-refractivity contribution < 1.29 is 27.2 Å². The number of carbonyl (C=O) groups is 2. The van der Waals surface area contributed by atoms with Crippen LogP contribution in [0.2, 0.25) is 10.0 Å². The molecule has 1 fully saturated rings. The van der Waals surface area contributed by atoms with Gasteiger partial charge in [0, 0.05) is 22.0 Å². The van der Waals surface area contributed by atoms with E-state index in [-0.39, 0.29) is 29.8 Å². The molecule has 2 aromatic carbocycles. The van der Waals surface area contributed by atoms with E-state index in [0.29, 0.717) is 16.7 Å². The second-order valence-electron chi connectivity index (χ2n) is 7.14. The van der Waals surface area contributed by atoms with Crippen LogP contribution in [0.25, 0.3) is 0 Å². The minimum Gasteiger partial charge on any atom is -0.368 e. The monoisotopic (exact) mass is 462 g/mol. The van der Waals surface area contributed by atoms with Crippen LogP contribution in [0.1, 0.15) is 29.5 Å². The maximum absolute atomic E-state index is 14.4. The van der Waals surface area contributed by atoms with Gasteiger partial charge >= 0.3 is 6.18 Å². The van der Waals surface area contributed by atoms with E-state index in [1.165, 1.54) is 6.07 Å². The van der Waals surface area contributed by atoms with Crippen molar-refractivity contribution in [1.82, 2.24) is 5.32 Å². The Labute approximate surface area is 179 Å². The molecule has 1 aliphatic carbocycles. The number of nitrogens with one attached hydrogen (secondary N) is 1. The molecule has 0 heterocycles. The van der Waals surface area contributed by atoms with E-state index in [1.54, 1.807) is 12.1 Å². The summed E-state index contributed by atoms with van der Waals surface area (Å²) in [6.45, 7) is 0. The fraction of sp³-hybridized carbons (Fsp3) is 0.300. The van der Waals surface area contributed by atoms with Crippen LogP contribution in [-0.4, -0.2) is 17.9 Å². The SMILES string of the molecule is NC(=O)[C@H](Cc1ccc(Cl)cc1Cl)NC(=O)C1(c2ccc(C(F)(F)F)cc2F)CC1. The molecule has 0 radical (unpaired) electrons. The third-order valence-corrected chi connectivity index (χ3v) is 5.67. The van der Waals surface area contributed by atoms with Gasteiger partial charge in [-0.3, -0.25) is 9.59 Å². The standard InChI is InChI=1S/C20H16Cl2F4N2O2/c21-12-3-1-10(14(22)9-12)7-16(17(27)29)28-18(30)19(5-6-19)13-4-2-11(8-15(13)23)20(24,25)26/h1-4,8-9,16H,5-7H2,(H2,27,29)(H,28,30)/t16-/m0/s1. The molecule has 1 aliphatic rings. The van der Waals surface area contributed by atoms with Crippen molar-refractivity contribution in [1.29, 1.82) is 0 Å². The molecule has 0 aliphatic heterocycles. The Morgan fingerprint density at radius 2 is 1.80 bits per heavy atom. The third kappa shape index (κ3) is 4.54. The number of nitrogens with two attached hydrogens (primary N) is 1. The minimum absolute atomic E-state index is 0.0251. The summed E-state index contributed by atoms with van der Waals surface area (Å²) in [6.07, 6.45) is -4.27. The number of hydrogen-bond acceptors (Lipinski definition) is 2. The number of benzene rings is 2. The summed E-state index contributed by atoms with van der Waals surface area (Å²) in [5, 5.41) is 3.15.